The van der Waals surface area contributed by atoms with E-state index in [1.807, 2.05) is 13.8 Å². The maximum atomic E-state index is 11.0. The van der Waals surface area contributed by atoms with Gasteiger partial charge >= 0.3 is 11.9 Å². The smallest absolute Gasteiger partial charge is 0.305 e. The second kappa shape index (κ2) is 5.30. The minimum absolute atomic E-state index is 0.0262. The Kier molecular flexibility index (Phi) is 4.29. The van der Waals surface area contributed by atoms with E-state index in [9.17, 15) is 9.59 Å². The summed E-state index contributed by atoms with van der Waals surface area (Å²) < 4.78 is 15.6. The van der Waals surface area contributed by atoms with Crippen molar-refractivity contribution in [1.82, 2.24) is 0 Å². The molecule has 1 aliphatic rings. The Morgan fingerprint density at radius 1 is 1.19 bits per heavy atom. The van der Waals surface area contributed by atoms with Gasteiger partial charge in [0.2, 0.25) is 6.29 Å². The summed E-state index contributed by atoms with van der Waals surface area (Å²) in [4.78, 5) is 21.8. The van der Waals surface area contributed by atoms with Crippen LogP contribution in [0.3, 0.4) is 0 Å². The topological polar surface area (TPSA) is 61.8 Å². The average Bonchev–Trinajstić information content (AvgIpc) is 2.44. The van der Waals surface area contributed by atoms with Gasteiger partial charge in [-0.1, -0.05) is 13.8 Å². The molecule has 0 aliphatic carbocycles. The minimum Gasteiger partial charge on any atom is -0.455 e. The molecule has 0 amide bonds. The van der Waals surface area contributed by atoms with E-state index in [1.54, 1.807) is 0 Å². The van der Waals surface area contributed by atoms with Crippen molar-refractivity contribution < 1.29 is 23.8 Å². The lowest BCUT2D eigenvalue weighted by molar-refractivity contribution is -0.194. The molecule has 0 aromatic rings. The predicted octanol–water partition coefficient (Wildman–Crippen LogP) is 1.25. The molecule has 1 heterocycles. The highest BCUT2D eigenvalue weighted by molar-refractivity contribution is 5.67. The van der Waals surface area contributed by atoms with Crippen LogP contribution in [0, 0.1) is 5.92 Å². The number of carbonyl (C=O) groups is 2. The van der Waals surface area contributed by atoms with Gasteiger partial charge in [0.1, 0.15) is 0 Å². The van der Waals surface area contributed by atoms with E-state index >= 15 is 0 Å². The molecule has 1 fully saturated rings. The Bertz CT molecular complexity index is 276. The molecular weight excluding hydrogens is 212 g/mol. The zero-order valence-corrected chi connectivity index (χ0v) is 10.1. The number of hydrogen-bond donors (Lipinski definition) is 0. The van der Waals surface area contributed by atoms with Crippen molar-refractivity contribution in [1.29, 1.82) is 0 Å². The molecular formula is C11H18O5. The van der Waals surface area contributed by atoms with Crippen molar-refractivity contribution in [3.8, 4) is 0 Å². The predicted molar refractivity (Wildman–Crippen MR) is 55.4 cm³/mol. The summed E-state index contributed by atoms with van der Waals surface area (Å²) in [5, 5.41) is 0. The highest BCUT2D eigenvalue weighted by atomic mass is 16.7. The van der Waals surface area contributed by atoms with E-state index in [0.29, 0.717) is 0 Å². The van der Waals surface area contributed by atoms with Crippen molar-refractivity contribution in [2.75, 3.05) is 0 Å². The first-order chi connectivity index (χ1) is 7.45. The molecule has 0 aromatic carbocycles. The molecule has 0 spiro atoms. The highest BCUT2D eigenvalue weighted by Gasteiger charge is 2.45. The van der Waals surface area contributed by atoms with Crippen LogP contribution in [0.5, 0.6) is 0 Å². The van der Waals surface area contributed by atoms with Crippen LogP contribution in [0.15, 0.2) is 0 Å². The molecule has 0 bridgehead atoms. The van der Waals surface area contributed by atoms with E-state index in [0.717, 1.165) is 6.42 Å². The standard InChI is InChI=1S/C11H18O5/c1-5-9-6(2)10(14-7(3)12)11(16-9)15-8(4)13/h6,9-11H,5H2,1-4H3/t6-,9+,10+,11?/m0/s1. The fraction of sp³-hybridized carbons (Fsp3) is 0.818. The van der Waals surface area contributed by atoms with Gasteiger partial charge in [0, 0.05) is 19.8 Å². The number of rotatable bonds is 3. The van der Waals surface area contributed by atoms with Crippen molar-refractivity contribution in [2.24, 2.45) is 5.92 Å². The van der Waals surface area contributed by atoms with E-state index in [4.69, 9.17) is 14.2 Å². The largest absolute Gasteiger partial charge is 0.455 e. The molecule has 92 valence electrons. The van der Waals surface area contributed by atoms with Crippen LogP contribution < -0.4 is 0 Å². The summed E-state index contributed by atoms with van der Waals surface area (Å²) in [7, 11) is 0. The Morgan fingerprint density at radius 2 is 1.75 bits per heavy atom. The van der Waals surface area contributed by atoms with Gasteiger partial charge in [0.15, 0.2) is 6.10 Å². The zero-order chi connectivity index (χ0) is 12.3. The number of ether oxygens (including phenoxy) is 3. The van der Waals surface area contributed by atoms with Crippen LogP contribution in [0.25, 0.3) is 0 Å². The van der Waals surface area contributed by atoms with E-state index in [1.165, 1.54) is 13.8 Å². The number of esters is 2. The first kappa shape index (κ1) is 13.0. The molecule has 0 radical (unpaired) electrons. The normalized spacial score (nSPS) is 33.5. The quantitative estimate of drug-likeness (QED) is 0.683. The van der Waals surface area contributed by atoms with Crippen LogP contribution in [0.4, 0.5) is 0 Å². The third-order valence-electron chi connectivity index (χ3n) is 2.67. The maximum Gasteiger partial charge on any atom is 0.305 e. The molecule has 0 aromatic heterocycles. The highest BCUT2D eigenvalue weighted by Crippen LogP contribution is 2.31. The molecule has 0 N–H and O–H groups in total. The molecule has 1 saturated heterocycles. The molecule has 5 heteroatoms. The van der Waals surface area contributed by atoms with Crippen molar-refractivity contribution >= 4 is 11.9 Å². The summed E-state index contributed by atoms with van der Waals surface area (Å²) in [5.74, 6) is -0.807. The number of carbonyl (C=O) groups excluding carboxylic acids is 2. The van der Waals surface area contributed by atoms with Crippen LogP contribution in [0.2, 0.25) is 0 Å². The van der Waals surface area contributed by atoms with Gasteiger partial charge in [0.05, 0.1) is 6.10 Å². The molecule has 5 nitrogen and oxygen atoms in total. The van der Waals surface area contributed by atoms with Crippen molar-refractivity contribution in [3.05, 3.63) is 0 Å². The molecule has 16 heavy (non-hydrogen) atoms. The Hall–Kier alpha value is -1.10. The summed E-state index contributed by atoms with van der Waals surface area (Å²) in [6, 6.07) is 0. The minimum atomic E-state index is -0.777. The second-order valence-electron chi connectivity index (χ2n) is 3.99. The Balaban J connectivity index is 2.72. The number of hydrogen-bond acceptors (Lipinski definition) is 5. The van der Waals surface area contributed by atoms with Gasteiger partial charge in [0.25, 0.3) is 0 Å². The molecule has 1 aliphatic heterocycles. The molecule has 0 saturated carbocycles. The third-order valence-corrected chi connectivity index (χ3v) is 2.67. The van der Waals surface area contributed by atoms with E-state index in [2.05, 4.69) is 0 Å². The molecule has 4 atom stereocenters. The van der Waals surface area contributed by atoms with Gasteiger partial charge in [-0.25, -0.2) is 0 Å². The second-order valence-corrected chi connectivity index (χ2v) is 3.99. The van der Waals surface area contributed by atoms with Crippen molar-refractivity contribution in [3.63, 3.8) is 0 Å². The fourth-order valence-electron chi connectivity index (χ4n) is 1.91. The maximum absolute atomic E-state index is 11.0. The molecule has 1 rings (SSSR count). The van der Waals surface area contributed by atoms with Crippen LogP contribution in [-0.2, 0) is 23.8 Å². The lowest BCUT2D eigenvalue weighted by atomic mass is 9.99. The average molecular weight is 230 g/mol. The summed E-state index contributed by atoms with van der Waals surface area (Å²) >= 11 is 0. The summed E-state index contributed by atoms with van der Waals surface area (Å²) in [6.45, 7) is 6.53. The van der Waals surface area contributed by atoms with Gasteiger partial charge in [-0.3, -0.25) is 9.59 Å². The van der Waals surface area contributed by atoms with Crippen LogP contribution >= 0.6 is 0 Å². The van der Waals surface area contributed by atoms with Crippen LogP contribution in [0.1, 0.15) is 34.1 Å². The third kappa shape index (κ3) is 2.95. The summed E-state index contributed by atoms with van der Waals surface area (Å²) in [5.41, 5.74) is 0. The SMILES string of the molecule is CC[C@H]1OC(OC(C)=O)[C@H](OC(C)=O)[C@H]1C. The van der Waals surface area contributed by atoms with E-state index in [-0.39, 0.29) is 12.0 Å². The van der Waals surface area contributed by atoms with Crippen molar-refractivity contribution in [2.45, 2.75) is 52.6 Å². The van der Waals surface area contributed by atoms with Gasteiger partial charge in [-0.15, -0.1) is 0 Å². The van der Waals surface area contributed by atoms with E-state index < -0.39 is 24.3 Å². The monoisotopic (exact) mass is 230 g/mol. The molecule has 1 unspecified atom stereocenters. The van der Waals surface area contributed by atoms with Crippen LogP contribution in [-0.4, -0.2) is 30.4 Å². The lowest BCUT2D eigenvalue weighted by Crippen LogP contribution is -2.33. The Morgan fingerprint density at radius 3 is 2.19 bits per heavy atom. The lowest BCUT2D eigenvalue weighted by Gasteiger charge is -2.19. The zero-order valence-electron chi connectivity index (χ0n) is 10.1. The van der Waals surface area contributed by atoms with Gasteiger partial charge in [-0.05, 0) is 6.42 Å². The first-order valence-electron chi connectivity index (χ1n) is 5.45. The van der Waals surface area contributed by atoms with Gasteiger partial charge in [-0.2, -0.15) is 0 Å². The Labute approximate surface area is 95.0 Å². The summed E-state index contributed by atoms with van der Waals surface area (Å²) in [6.07, 6.45) is -0.544. The van der Waals surface area contributed by atoms with Gasteiger partial charge < -0.3 is 14.2 Å². The first-order valence-corrected chi connectivity index (χ1v) is 5.45. The fourth-order valence-corrected chi connectivity index (χ4v) is 1.91.